The minimum Gasteiger partial charge on any atom is -0.379 e. The largest absolute Gasteiger partial charge is 0.379 e. The zero-order valence-electron chi connectivity index (χ0n) is 15.2. The Morgan fingerprint density at radius 3 is 2.33 bits per heavy atom. The molecule has 3 aromatic carbocycles. The molecule has 5 nitrogen and oxygen atoms in total. The van der Waals surface area contributed by atoms with Crippen molar-refractivity contribution in [2.75, 3.05) is 32.8 Å². The molecule has 3 aromatic rings. The van der Waals surface area contributed by atoms with Crippen molar-refractivity contribution < 1.29 is 9.53 Å². The number of amides is 1. The van der Waals surface area contributed by atoms with Crippen molar-refractivity contribution in [3.8, 4) is 0 Å². The number of ether oxygens (including phenoxy) is 1. The van der Waals surface area contributed by atoms with Crippen molar-refractivity contribution in [3.05, 3.63) is 60.2 Å². The molecule has 4 rings (SSSR count). The number of nitrogens with zero attached hydrogens (tertiary/aromatic N) is 2. The van der Waals surface area contributed by atoms with Crippen molar-refractivity contribution in [1.82, 2.24) is 10.3 Å². The molecular weight excluding hydrogens is 338 g/mol. The molecule has 27 heavy (non-hydrogen) atoms. The molecule has 1 fully saturated rings. The van der Waals surface area contributed by atoms with Gasteiger partial charge in [0.2, 0.25) is 5.91 Å². The Morgan fingerprint density at radius 1 is 1.04 bits per heavy atom. The van der Waals surface area contributed by atoms with Crippen LogP contribution >= 0.6 is 0 Å². The van der Waals surface area contributed by atoms with E-state index in [-0.39, 0.29) is 5.91 Å². The number of carbonyl (C=O) groups excluding carboxylic acids is 1. The van der Waals surface area contributed by atoms with Gasteiger partial charge in [0.05, 0.1) is 19.4 Å². The molecule has 1 amide bonds. The van der Waals surface area contributed by atoms with Gasteiger partial charge in [-0.05, 0) is 27.6 Å². The number of carbonyl (C=O) groups is 1. The van der Waals surface area contributed by atoms with Gasteiger partial charge in [-0.25, -0.2) is 5.43 Å². The molecule has 138 valence electrons. The standard InChI is InChI=1S/C22H23N3O2/c26-22(9-10-25-11-13-27-14-12-25)24-23-16-21-19-7-3-1-5-17(19)15-18-6-2-4-8-20(18)21/h1-8,15-16H,9-14H2,(H,24,26). The second kappa shape index (κ2) is 8.29. The first-order chi connectivity index (χ1) is 13.3. The van der Waals surface area contributed by atoms with Gasteiger partial charge in [-0.3, -0.25) is 9.69 Å². The maximum atomic E-state index is 12.1. The summed E-state index contributed by atoms with van der Waals surface area (Å²) in [4.78, 5) is 14.4. The second-order valence-electron chi connectivity index (χ2n) is 6.73. The number of hydrogen-bond donors (Lipinski definition) is 1. The third-order valence-electron chi connectivity index (χ3n) is 4.95. The number of hydrogen-bond acceptors (Lipinski definition) is 4. The minimum absolute atomic E-state index is 0.0673. The summed E-state index contributed by atoms with van der Waals surface area (Å²) in [5.74, 6) is -0.0673. The van der Waals surface area contributed by atoms with E-state index in [1.54, 1.807) is 6.21 Å². The third kappa shape index (κ3) is 4.15. The molecule has 1 N–H and O–H groups in total. The number of benzene rings is 3. The first kappa shape index (κ1) is 17.6. The zero-order chi connectivity index (χ0) is 18.5. The Morgan fingerprint density at radius 2 is 1.67 bits per heavy atom. The minimum atomic E-state index is -0.0673. The highest BCUT2D eigenvalue weighted by Crippen LogP contribution is 2.27. The van der Waals surface area contributed by atoms with Gasteiger partial charge in [0.1, 0.15) is 0 Å². The molecule has 0 aliphatic carbocycles. The first-order valence-corrected chi connectivity index (χ1v) is 9.34. The summed E-state index contributed by atoms with van der Waals surface area (Å²) in [6, 6.07) is 18.7. The van der Waals surface area contributed by atoms with Gasteiger partial charge in [-0.1, -0.05) is 48.5 Å². The first-order valence-electron chi connectivity index (χ1n) is 9.34. The molecule has 1 heterocycles. The number of hydrazone groups is 1. The second-order valence-corrected chi connectivity index (χ2v) is 6.73. The average Bonchev–Trinajstić information content (AvgIpc) is 2.72. The van der Waals surface area contributed by atoms with Crippen LogP contribution in [0.3, 0.4) is 0 Å². The van der Waals surface area contributed by atoms with Crippen LogP contribution in [0.25, 0.3) is 21.5 Å². The van der Waals surface area contributed by atoms with E-state index in [1.807, 2.05) is 24.3 Å². The summed E-state index contributed by atoms with van der Waals surface area (Å²) in [5.41, 5.74) is 3.70. The maximum absolute atomic E-state index is 12.1. The average molecular weight is 361 g/mol. The SMILES string of the molecule is O=C(CCN1CCOCC1)NN=Cc1c2ccccc2cc2ccccc12. The monoisotopic (exact) mass is 361 g/mol. The molecule has 0 bridgehead atoms. The lowest BCUT2D eigenvalue weighted by atomic mass is 9.97. The van der Waals surface area contributed by atoms with Crippen molar-refractivity contribution >= 4 is 33.7 Å². The Balaban J connectivity index is 1.49. The van der Waals surface area contributed by atoms with E-state index in [0.717, 1.165) is 60.0 Å². The highest BCUT2D eigenvalue weighted by molar-refractivity contribution is 6.13. The molecule has 0 atom stereocenters. The van der Waals surface area contributed by atoms with Crippen LogP contribution in [-0.4, -0.2) is 49.9 Å². The van der Waals surface area contributed by atoms with Gasteiger partial charge >= 0.3 is 0 Å². The quantitative estimate of drug-likeness (QED) is 0.431. The predicted molar refractivity (Wildman–Crippen MR) is 109 cm³/mol. The fourth-order valence-corrected chi connectivity index (χ4v) is 3.50. The van der Waals surface area contributed by atoms with E-state index in [4.69, 9.17) is 4.74 Å². The van der Waals surface area contributed by atoms with Crippen LogP contribution in [0.4, 0.5) is 0 Å². The van der Waals surface area contributed by atoms with Gasteiger partial charge in [0, 0.05) is 31.6 Å². The Kier molecular flexibility index (Phi) is 5.42. The lowest BCUT2D eigenvalue weighted by Crippen LogP contribution is -2.38. The molecule has 0 unspecified atom stereocenters. The summed E-state index contributed by atoms with van der Waals surface area (Å²) >= 11 is 0. The maximum Gasteiger partial charge on any atom is 0.241 e. The fourth-order valence-electron chi connectivity index (χ4n) is 3.50. The number of nitrogens with one attached hydrogen (secondary N) is 1. The molecule has 1 aliphatic heterocycles. The lowest BCUT2D eigenvalue weighted by Gasteiger charge is -2.25. The van der Waals surface area contributed by atoms with Crippen LogP contribution in [0.15, 0.2) is 59.7 Å². The van der Waals surface area contributed by atoms with Crippen molar-refractivity contribution in [1.29, 1.82) is 0 Å². The van der Waals surface area contributed by atoms with E-state index in [1.165, 1.54) is 0 Å². The summed E-state index contributed by atoms with van der Waals surface area (Å²) in [5, 5.41) is 8.82. The summed E-state index contributed by atoms with van der Waals surface area (Å²) in [6.45, 7) is 4.00. The molecule has 1 aliphatic rings. The number of rotatable bonds is 5. The lowest BCUT2D eigenvalue weighted by molar-refractivity contribution is -0.121. The Labute approximate surface area is 158 Å². The van der Waals surface area contributed by atoms with Gasteiger partial charge in [-0.15, -0.1) is 0 Å². The molecule has 0 saturated carbocycles. The zero-order valence-corrected chi connectivity index (χ0v) is 15.2. The van der Waals surface area contributed by atoms with Crippen molar-refractivity contribution in [3.63, 3.8) is 0 Å². The molecule has 0 spiro atoms. The van der Waals surface area contributed by atoms with Crippen LogP contribution in [0.5, 0.6) is 0 Å². The highest BCUT2D eigenvalue weighted by atomic mass is 16.5. The van der Waals surface area contributed by atoms with Crippen LogP contribution < -0.4 is 5.43 Å². The van der Waals surface area contributed by atoms with Gasteiger partial charge in [0.15, 0.2) is 0 Å². The summed E-state index contributed by atoms with van der Waals surface area (Å²) in [6.07, 6.45) is 2.20. The summed E-state index contributed by atoms with van der Waals surface area (Å²) < 4.78 is 5.32. The number of morpholine rings is 1. The van der Waals surface area contributed by atoms with Crippen LogP contribution in [0.2, 0.25) is 0 Å². The van der Waals surface area contributed by atoms with E-state index in [0.29, 0.717) is 6.42 Å². The van der Waals surface area contributed by atoms with Gasteiger partial charge in [-0.2, -0.15) is 5.10 Å². The van der Waals surface area contributed by atoms with Crippen molar-refractivity contribution in [2.24, 2.45) is 5.10 Å². The molecule has 5 heteroatoms. The van der Waals surface area contributed by atoms with E-state index in [9.17, 15) is 4.79 Å². The Hall–Kier alpha value is -2.76. The number of fused-ring (bicyclic) bond motifs is 2. The molecule has 0 aromatic heterocycles. The van der Waals surface area contributed by atoms with Gasteiger partial charge in [0.25, 0.3) is 0 Å². The van der Waals surface area contributed by atoms with Crippen LogP contribution in [0.1, 0.15) is 12.0 Å². The van der Waals surface area contributed by atoms with E-state index >= 15 is 0 Å². The van der Waals surface area contributed by atoms with E-state index < -0.39 is 0 Å². The Bertz CT molecular complexity index is 924. The third-order valence-corrected chi connectivity index (χ3v) is 4.95. The fraction of sp³-hybridized carbons (Fsp3) is 0.273. The highest BCUT2D eigenvalue weighted by Gasteiger charge is 2.11. The summed E-state index contributed by atoms with van der Waals surface area (Å²) in [7, 11) is 0. The van der Waals surface area contributed by atoms with Crippen molar-refractivity contribution in [2.45, 2.75) is 6.42 Å². The molecular formula is C22H23N3O2. The smallest absolute Gasteiger partial charge is 0.241 e. The molecule has 1 saturated heterocycles. The predicted octanol–water partition coefficient (Wildman–Crippen LogP) is 3.17. The van der Waals surface area contributed by atoms with Gasteiger partial charge < -0.3 is 4.74 Å². The topological polar surface area (TPSA) is 53.9 Å². The van der Waals surface area contributed by atoms with E-state index in [2.05, 4.69) is 45.8 Å². The van der Waals surface area contributed by atoms with Crippen LogP contribution in [-0.2, 0) is 9.53 Å². The normalized spacial score (nSPS) is 15.6. The van der Waals surface area contributed by atoms with Crippen LogP contribution in [0, 0.1) is 0 Å². The molecule has 0 radical (unpaired) electrons.